The minimum atomic E-state index is -4.02. The molecule has 0 saturated heterocycles. The van der Waals surface area contributed by atoms with E-state index >= 15 is 0 Å². The Bertz CT molecular complexity index is 584. The highest BCUT2D eigenvalue weighted by atomic mass is 32.2. The topological polar surface area (TPSA) is 74.7 Å². The molecule has 0 aliphatic carbocycles. The third-order valence-electron chi connectivity index (χ3n) is 2.73. The van der Waals surface area contributed by atoms with Gasteiger partial charge in [0.15, 0.2) is 15.1 Å². The number of nitrogens with zero attached hydrogens (tertiary/aromatic N) is 1. The molecule has 1 aliphatic rings. The lowest BCUT2D eigenvalue weighted by molar-refractivity contribution is -0.136. The first-order valence-corrected chi connectivity index (χ1v) is 6.36. The van der Waals surface area contributed by atoms with Crippen LogP contribution < -0.4 is 4.90 Å². The van der Waals surface area contributed by atoms with Crippen LogP contribution in [0.15, 0.2) is 23.1 Å². The molecule has 1 N–H and O–H groups in total. The van der Waals surface area contributed by atoms with Crippen LogP contribution in [-0.4, -0.2) is 38.3 Å². The van der Waals surface area contributed by atoms with Crippen molar-refractivity contribution >= 4 is 21.5 Å². The van der Waals surface area contributed by atoms with Crippen molar-refractivity contribution < 1.29 is 22.7 Å². The molecular formula is C10H10FNO4S. The molecule has 0 amide bonds. The van der Waals surface area contributed by atoms with Gasteiger partial charge in [0, 0.05) is 13.6 Å². The second kappa shape index (κ2) is 3.69. The van der Waals surface area contributed by atoms with Crippen LogP contribution in [0, 0.1) is 5.82 Å². The van der Waals surface area contributed by atoms with Gasteiger partial charge >= 0.3 is 5.97 Å². The van der Waals surface area contributed by atoms with Crippen molar-refractivity contribution in [3.63, 3.8) is 0 Å². The first-order chi connectivity index (χ1) is 7.85. The fourth-order valence-electron chi connectivity index (χ4n) is 1.90. The van der Waals surface area contributed by atoms with E-state index in [1.165, 1.54) is 24.1 Å². The fourth-order valence-corrected chi connectivity index (χ4v) is 3.68. The van der Waals surface area contributed by atoms with Crippen LogP contribution in [0.3, 0.4) is 0 Å². The van der Waals surface area contributed by atoms with Crippen molar-refractivity contribution in [3.05, 3.63) is 24.0 Å². The summed E-state index contributed by atoms with van der Waals surface area (Å²) in [5.41, 5.74) is -0.0648. The Labute approximate surface area is 97.4 Å². The third-order valence-corrected chi connectivity index (χ3v) is 4.77. The van der Waals surface area contributed by atoms with Crippen molar-refractivity contribution in [2.45, 2.75) is 10.1 Å². The highest BCUT2D eigenvalue weighted by Gasteiger charge is 2.42. The molecule has 1 atom stereocenters. The van der Waals surface area contributed by atoms with E-state index in [0.717, 1.165) is 6.07 Å². The summed E-state index contributed by atoms with van der Waals surface area (Å²) < 4.78 is 37.5. The highest BCUT2D eigenvalue weighted by Crippen LogP contribution is 2.34. The molecule has 7 heteroatoms. The zero-order valence-corrected chi connectivity index (χ0v) is 9.74. The minimum absolute atomic E-state index is 0.0648. The number of aliphatic carboxylic acids is 1. The van der Waals surface area contributed by atoms with Crippen molar-refractivity contribution in [2.75, 3.05) is 18.5 Å². The van der Waals surface area contributed by atoms with E-state index in [1.54, 1.807) is 0 Å². The lowest BCUT2D eigenvalue weighted by Crippen LogP contribution is -2.45. The average molecular weight is 259 g/mol. The van der Waals surface area contributed by atoms with E-state index in [2.05, 4.69) is 0 Å². The molecule has 0 radical (unpaired) electrons. The first kappa shape index (κ1) is 11.8. The monoisotopic (exact) mass is 259 g/mol. The molecule has 5 nitrogen and oxygen atoms in total. The Balaban J connectivity index is 2.72. The van der Waals surface area contributed by atoms with Gasteiger partial charge < -0.3 is 10.0 Å². The van der Waals surface area contributed by atoms with Crippen molar-refractivity contribution in [1.82, 2.24) is 0 Å². The molecule has 1 unspecified atom stereocenters. The fraction of sp³-hybridized carbons (Fsp3) is 0.300. The maximum atomic E-state index is 13.5. The number of fused-ring (bicyclic) bond motifs is 1. The number of hydrogen-bond donors (Lipinski definition) is 1. The number of carboxylic acid groups (broad SMARTS) is 1. The van der Waals surface area contributed by atoms with Crippen molar-refractivity contribution in [3.8, 4) is 0 Å². The number of anilines is 1. The molecule has 0 bridgehead atoms. The van der Waals surface area contributed by atoms with Gasteiger partial charge in [-0.1, -0.05) is 6.07 Å². The number of carboxylic acids is 1. The molecule has 1 aromatic rings. The third kappa shape index (κ3) is 1.66. The maximum Gasteiger partial charge on any atom is 0.324 e. The highest BCUT2D eigenvalue weighted by molar-refractivity contribution is 7.93. The Morgan fingerprint density at radius 1 is 1.53 bits per heavy atom. The molecule has 1 aliphatic heterocycles. The van der Waals surface area contributed by atoms with Gasteiger partial charge in [-0.05, 0) is 12.1 Å². The Morgan fingerprint density at radius 3 is 2.76 bits per heavy atom. The van der Waals surface area contributed by atoms with Gasteiger partial charge in [0.2, 0.25) is 0 Å². The molecule has 1 aromatic carbocycles. The summed E-state index contributed by atoms with van der Waals surface area (Å²) in [6.07, 6.45) is 0. The molecule has 92 valence electrons. The van der Waals surface area contributed by atoms with Gasteiger partial charge in [0.1, 0.15) is 5.82 Å². The van der Waals surface area contributed by atoms with E-state index in [1.807, 2.05) is 0 Å². The summed E-state index contributed by atoms with van der Waals surface area (Å²) in [7, 11) is -2.55. The van der Waals surface area contributed by atoms with E-state index in [9.17, 15) is 17.6 Å². The van der Waals surface area contributed by atoms with Crippen LogP contribution in [0.1, 0.15) is 0 Å². The van der Waals surface area contributed by atoms with Crippen LogP contribution in [0.25, 0.3) is 0 Å². The lowest BCUT2D eigenvalue weighted by Gasteiger charge is -2.31. The van der Waals surface area contributed by atoms with E-state index in [-0.39, 0.29) is 17.1 Å². The van der Waals surface area contributed by atoms with Gasteiger partial charge in [0.25, 0.3) is 0 Å². The van der Waals surface area contributed by atoms with Gasteiger partial charge in [-0.15, -0.1) is 0 Å². The van der Waals surface area contributed by atoms with Crippen LogP contribution >= 0.6 is 0 Å². The molecule has 0 saturated carbocycles. The van der Waals surface area contributed by atoms with Crippen molar-refractivity contribution in [1.29, 1.82) is 0 Å². The first-order valence-electron chi connectivity index (χ1n) is 4.82. The number of sulfone groups is 1. The normalized spacial score (nSPS) is 22.0. The molecule has 1 heterocycles. The average Bonchev–Trinajstić information content (AvgIpc) is 2.23. The number of carbonyl (C=O) groups is 1. The van der Waals surface area contributed by atoms with E-state index in [4.69, 9.17) is 5.11 Å². The molecule has 0 fully saturated rings. The summed E-state index contributed by atoms with van der Waals surface area (Å²) in [6.45, 7) is -0.258. The second-order valence-electron chi connectivity index (χ2n) is 3.84. The summed E-state index contributed by atoms with van der Waals surface area (Å²) in [4.78, 5) is 12.0. The van der Waals surface area contributed by atoms with Crippen LogP contribution in [-0.2, 0) is 14.6 Å². The number of hydrogen-bond acceptors (Lipinski definition) is 4. The Morgan fingerprint density at radius 2 is 2.18 bits per heavy atom. The second-order valence-corrected chi connectivity index (χ2v) is 5.94. The predicted molar refractivity (Wildman–Crippen MR) is 58.3 cm³/mol. The maximum absolute atomic E-state index is 13.5. The standard InChI is InChI=1S/C10H10FNO4S/c1-12-5-8(10(13)14)17(15,16)7-4-2-3-6(11)9(7)12/h2-4,8H,5H2,1H3,(H,13,14). The number of benzene rings is 1. The molecule has 0 spiro atoms. The molecule has 2 rings (SSSR count). The van der Waals surface area contributed by atoms with Crippen molar-refractivity contribution in [2.24, 2.45) is 0 Å². The summed E-state index contributed by atoms with van der Waals surface area (Å²) >= 11 is 0. The molecule has 0 aromatic heterocycles. The quantitative estimate of drug-likeness (QED) is 0.795. The number of para-hydroxylation sites is 1. The van der Waals surface area contributed by atoms with Gasteiger partial charge in [-0.3, -0.25) is 4.79 Å². The summed E-state index contributed by atoms with van der Waals surface area (Å²) in [5.74, 6) is -2.09. The van der Waals surface area contributed by atoms with Gasteiger partial charge in [-0.2, -0.15) is 0 Å². The van der Waals surface area contributed by atoms with E-state index < -0.39 is 26.9 Å². The van der Waals surface area contributed by atoms with Gasteiger partial charge in [-0.25, -0.2) is 12.8 Å². The summed E-state index contributed by atoms with van der Waals surface area (Å²) in [6, 6.07) is 3.62. The minimum Gasteiger partial charge on any atom is -0.480 e. The molecular weight excluding hydrogens is 249 g/mol. The largest absolute Gasteiger partial charge is 0.480 e. The van der Waals surface area contributed by atoms with Crippen LogP contribution in [0.4, 0.5) is 10.1 Å². The zero-order chi connectivity index (χ0) is 12.8. The smallest absolute Gasteiger partial charge is 0.324 e. The number of halogens is 1. The number of rotatable bonds is 1. The van der Waals surface area contributed by atoms with E-state index in [0.29, 0.717) is 0 Å². The van der Waals surface area contributed by atoms with Crippen LogP contribution in [0.2, 0.25) is 0 Å². The Kier molecular flexibility index (Phi) is 2.57. The molecule has 17 heavy (non-hydrogen) atoms. The zero-order valence-electron chi connectivity index (χ0n) is 8.92. The van der Waals surface area contributed by atoms with Gasteiger partial charge in [0.05, 0.1) is 10.6 Å². The predicted octanol–water partition coefficient (Wildman–Crippen LogP) is 0.502. The summed E-state index contributed by atoms with van der Waals surface area (Å²) in [5, 5.41) is 7.33. The Hall–Kier alpha value is -1.63. The van der Waals surface area contributed by atoms with Crippen LogP contribution in [0.5, 0.6) is 0 Å². The lowest BCUT2D eigenvalue weighted by atomic mass is 10.2. The SMILES string of the molecule is CN1CC(C(=O)O)S(=O)(=O)c2cccc(F)c21.